The van der Waals surface area contributed by atoms with Crippen molar-refractivity contribution in [3.8, 4) is 0 Å². The molecule has 0 unspecified atom stereocenters. The van der Waals surface area contributed by atoms with Gasteiger partial charge in [-0.25, -0.2) is 0 Å². The number of pyridine rings is 1. The molecule has 1 heterocycles. The maximum atomic E-state index is 10.00. The fourth-order valence-corrected chi connectivity index (χ4v) is 2.12. The monoisotopic (exact) mass is 213 g/mol. The minimum atomic E-state index is -0.868. The molecule has 0 bridgehead atoms. The Bertz CT molecular complexity index is 577. The number of fused-ring (bicyclic) bond motifs is 3. The van der Waals surface area contributed by atoms with E-state index in [1.165, 1.54) is 0 Å². The summed E-state index contributed by atoms with van der Waals surface area (Å²) in [6.07, 6.45) is 3.41. The smallest absolute Gasteiger partial charge is 0.110 e. The second-order valence-electron chi connectivity index (χ2n) is 3.94. The third-order valence-corrected chi connectivity index (χ3v) is 2.94. The zero-order valence-corrected chi connectivity index (χ0v) is 8.54. The second kappa shape index (κ2) is 3.40. The van der Waals surface area contributed by atoms with Gasteiger partial charge in [0.05, 0.1) is 5.52 Å². The van der Waals surface area contributed by atoms with Crippen LogP contribution in [0.5, 0.6) is 0 Å². The second-order valence-corrected chi connectivity index (χ2v) is 3.94. The summed E-state index contributed by atoms with van der Waals surface area (Å²) in [5, 5.41) is 20.5. The number of nitrogens with zero attached hydrogens (tertiary/aromatic N) is 1. The van der Waals surface area contributed by atoms with Crippen molar-refractivity contribution in [3.05, 3.63) is 47.7 Å². The van der Waals surface area contributed by atoms with Crippen LogP contribution in [0.25, 0.3) is 17.0 Å². The number of hydrogen-bond acceptors (Lipinski definition) is 3. The van der Waals surface area contributed by atoms with Crippen molar-refractivity contribution in [1.29, 1.82) is 0 Å². The van der Waals surface area contributed by atoms with E-state index in [0.29, 0.717) is 0 Å². The molecule has 0 aliphatic heterocycles. The quantitative estimate of drug-likeness (QED) is 0.699. The molecule has 0 radical (unpaired) electrons. The van der Waals surface area contributed by atoms with Crippen molar-refractivity contribution in [2.24, 2.45) is 0 Å². The largest absolute Gasteiger partial charge is 0.386 e. The van der Waals surface area contributed by atoms with Gasteiger partial charge in [0.25, 0.3) is 0 Å². The maximum Gasteiger partial charge on any atom is 0.110 e. The van der Waals surface area contributed by atoms with Crippen molar-refractivity contribution >= 4 is 17.0 Å². The van der Waals surface area contributed by atoms with Crippen molar-refractivity contribution in [3.63, 3.8) is 0 Å². The Morgan fingerprint density at radius 3 is 2.81 bits per heavy atom. The fraction of sp³-hybridized carbons (Fsp3) is 0.154. The molecule has 3 nitrogen and oxygen atoms in total. The summed E-state index contributed by atoms with van der Waals surface area (Å²) < 4.78 is 0. The van der Waals surface area contributed by atoms with Crippen LogP contribution in [0.1, 0.15) is 17.2 Å². The molecule has 0 fully saturated rings. The first-order valence-electron chi connectivity index (χ1n) is 5.19. The molecular weight excluding hydrogens is 202 g/mol. The summed E-state index contributed by atoms with van der Waals surface area (Å²) in [7, 11) is 0. The molecule has 2 atom stereocenters. The number of hydrogen-bond donors (Lipinski definition) is 2. The zero-order valence-electron chi connectivity index (χ0n) is 8.54. The van der Waals surface area contributed by atoms with Crippen LogP contribution in [0.15, 0.2) is 36.5 Å². The molecule has 2 N–H and O–H groups in total. The molecule has 0 saturated carbocycles. The Morgan fingerprint density at radius 2 is 1.94 bits per heavy atom. The van der Waals surface area contributed by atoms with Gasteiger partial charge in [-0.2, -0.15) is 0 Å². The van der Waals surface area contributed by atoms with Crippen LogP contribution >= 0.6 is 0 Å². The van der Waals surface area contributed by atoms with E-state index >= 15 is 0 Å². The average molecular weight is 213 g/mol. The van der Waals surface area contributed by atoms with Gasteiger partial charge in [-0.15, -0.1) is 0 Å². The Morgan fingerprint density at radius 1 is 1.12 bits per heavy atom. The molecule has 1 aliphatic carbocycles. The lowest BCUT2D eigenvalue weighted by Crippen LogP contribution is -2.19. The standard InChI is InChI=1S/C13H11NO2/c15-11-6-5-8-7-14-10-4-2-1-3-9(10)12(8)13(11)16/h1-7,11,13,15-16H/t11-,13-/m1/s1. The Labute approximate surface area is 92.7 Å². The van der Waals surface area contributed by atoms with E-state index in [2.05, 4.69) is 4.98 Å². The van der Waals surface area contributed by atoms with Gasteiger partial charge < -0.3 is 10.2 Å². The summed E-state index contributed by atoms with van der Waals surface area (Å²) in [6.45, 7) is 0. The third-order valence-electron chi connectivity index (χ3n) is 2.94. The Hall–Kier alpha value is -1.71. The molecule has 3 heteroatoms. The van der Waals surface area contributed by atoms with Crippen LogP contribution in [0.2, 0.25) is 0 Å². The minimum absolute atomic E-state index is 0.764. The molecule has 0 amide bonds. The maximum absolute atomic E-state index is 10.00. The fourth-order valence-electron chi connectivity index (χ4n) is 2.12. The van der Waals surface area contributed by atoms with E-state index in [1.807, 2.05) is 24.3 Å². The topological polar surface area (TPSA) is 53.4 Å². The summed E-state index contributed by atoms with van der Waals surface area (Å²) in [5.74, 6) is 0. The van der Waals surface area contributed by atoms with Gasteiger partial charge in [0.2, 0.25) is 0 Å². The van der Waals surface area contributed by atoms with Crippen LogP contribution in [-0.2, 0) is 0 Å². The molecule has 16 heavy (non-hydrogen) atoms. The van der Waals surface area contributed by atoms with Crippen molar-refractivity contribution in [1.82, 2.24) is 4.98 Å². The molecule has 0 spiro atoms. The van der Waals surface area contributed by atoms with Crippen LogP contribution < -0.4 is 0 Å². The molecule has 3 rings (SSSR count). The third kappa shape index (κ3) is 1.26. The van der Waals surface area contributed by atoms with Crippen LogP contribution in [0.4, 0.5) is 0 Å². The van der Waals surface area contributed by atoms with Crippen LogP contribution in [0.3, 0.4) is 0 Å². The van der Waals surface area contributed by atoms with E-state index < -0.39 is 12.2 Å². The van der Waals surface area contributed by atoms with E-state index in [0.717, 1.165) is 22.0 Å². The number of rotatable bonds is 0. The molecular formula is C13H11NO2. The molecule has 1 aliphatic rings. The summed E-state index contributed by atoms with van der Waals surface area (Å²) >= 11 is 0. The van der Waals surface area contributed by atoms with Gasteiger partial charge in [-0.3, -0.25) is 4.98 Å². The number of aliphatic hydroxyl groups excluding tert-OH is 2. The molecule has 1 aromatic carbocycles. The summed E-state index contributed by atoms with van der Waals surface area (Å²) in [6, 6.07) is 7.62. The number of benzene rings is 1. The Balaban J connectivity index is 2.37. The lowest BCUT2D eigenvalue weighted by atomic mass is 9.91. The van der Waals surface area contributed by atoms with E-state index in [-0.39, 0.29) is 0 Å². The first-order chi connectivity index (χ1) is 7.77. The molecule has 80 valence electrons. The van der Waals surface area contributed by atoms with Crippen molar-refractivity contribution in [2.45, 2.75) is 12.2 Å². The van der Waals surface area contributed by atoms with E-state index in [1.54, 1.807) is 18.3 Å². The van der Waals surface area contributed by atoms with Gasteiger partial charge in [-0.1, -0.05) is 30.4 Å². The first kappa shape index (κ1) is 9.51. The van der Waals surface area contributed by atoms with Gasteiger partial charge >= 0.3 is 0 Å². The van der Waals surface area contributed by atoms with Crippen molar-refractivity contribution in [2.75, 3.05) is 0 Å². The van der Waals surface area contributed by atoms with Gasteiger partial charge in [0.1, 0.15) is 12.2 Å². The summed E-state index contributed by atoms with van der Waals surface area (Å²) in [5.41, 5.74) is 2.47. The number of aliphatic hydroxyl groups is 2. The Kier molecular flexibility index (Phi) is 2.02. The molecule has 2 aromatic rings. The molecule has 1 aromatic heterocycles. The van der Waals surface area contributed by atoms with Crippen LogP contribution in [0, 0.1) is 0 Å². The average Bonchev–Trinajstić information content (AvgIpc) is 2.33. The summed E-state index contributed by atoms with van der Waals surface area (Å²) in [4.78, 5) is 4.31. The highest BCUT2D eigenvalue weighted by Gasteiger charge is 2.24. The SMILES string of the molecule is O[C@@H]1C=Cc2cnc3ccccc3c2[C@@H]1O. The lowest BCUT2D eigenvalue weighted by molar-refractivity contribution is 0.0479. The number of para-hydroxylation sites is 1. The predicted molar refractivity (Wildman–Crippen MR) is 61.7 cm³/mol. The lowest BCUT2D eigenvalue weighted by Gasteiger charge is -2.22. The highest BCUT2D eigenvalue weighted by molar-refractivity contribution is 5.86. The predicted octanol–water partition coefficient (Wildman–Crippen LogP) is 1.66. The van der Waals surface area contributed by atoms with Crippen molar-refractivity contribution < 1.29 is 10.2 Å². The van der Waals surface area contributed by atoms with E-state index in [4.69, 9.17) is 0 Å². The highest BCUT2D eigenvalue weighted by Crippen LogP contribution is 2.32. The van der Waals surface area contributed by atoms with Gasteiger partial charge in [0, 0.05) is 17.1 Å². The first-order valence-corrected chi connectivity index (χ1v) is 5.19. The minimum Gasteiger partial charge on any atom is -0.386 e. The van der Waals surface area contributed by atoms with Gasteiger partial charge in [0.15, 0.2) is 0 Å². The normalized spacial score (nSPS) is 23.4. The highest BCUT2D eigenvalue weighted by atomic mass is 16.3. The van der Waals surface area contributed by atoms with Crippen LogP contribution in [-0.4, -0.2) is 21.3 Å². The van der Waals surface area contributed by atoms with Gasteiger partial charge in [-0.05, 0) is 11.6 Å². The zero-order chi connectivity index (χ0) is 11.1. The number of aromatic nitrogens is 1. The molecule has 0 saturated heterocycles. The van der Waals surface area contributed by atoms with E-state index in [9.17, 15) is 10.2 Å².